The van der Waals surface area contributed by atoms with Crippen molar-refractivity contribution in [2.45, 2.75) is 0 Å². The van der Waals surface area contributed by atoms with E-state index < -0.39 is 0 Å². The van der Waals surface area contributed by atoms with E-state index >= 15 is 0 Å². The maximum atomic E-state index is 8.68. The second kappa shape index (κ2) is 7.17. The van der Waals surface area contributed by atoms with E-state index in [1.165, 1.54) is 0 Å². The monoisotopic (exact) mass is 313 g/mol. The van der Waals surface area contributed by atoms with Gasteiger partial charge in [0.05, 0.1) is 31.9 Å². The number of rotatable bonds is 7. The van der Waals surface area contributed by atoms with Crippen LogP contribution in [0.15, 0.2) is 29.3 Å². The van der Waals surface area contributed by atoms with E-state index in [9.17, 15) is 0 Å². The largest absolute Gasteiger partial charge is 0.394 e. The van der Waals surface area contributed by atoms with Crippen molar-refractivity contribution in [3.8, 4) is 0 Å². The van der Waals surface area contributed by atoms with Crippen molar-refractivity contribution >= 4 is 34.5 Å². The predicted octanol–water partition coefficient (Wildman–Crippen LogP) is 1.10. The number of fused-ring (bicyclic) bond motifs is 1. The molecule has 0 bridgehead atoms. The summed E-state index contributed by atoms with van der Waals surface area (Å²) in [6.07, 6.45) is 3.82. The first-order valence-corrected chi connectivity index (χ1v) is 7.47. The quantitative estimate of drug-likeness (QED) is 0.661. The average molecular weight is 313 g/mol. The summed E-state index contributed by atoms with van der Waals surface area (Å²) in [7, 11) is 0. The highest BCUT2D eigenvalue weighted by Crippen LogP contribution is 2.26. The molecule has 0 saturated carbocycles. The van der Waals surface area contributed by atoms with Crippen LogP contribution in [0.25, 0.3) is 16.5 Å². The average Bonchev–Trinajstić information content (AvgIpc) is 3.08. The van der Waals surface area contributed by atoms with Gasteiger partial charge in [-0.2, -0.15) is 4.98 Å². The Labute approximate surface area is 133 Å². The van der Waals surface area contributed by atoms with Gasteiger partial charge in [-0.1, -0.05) is 6.07 Å². The lowest BCUT2D eigenvalue weighted by molar-refractivity contribution is 0.0992. The normalized spacial score (nSPS) is 13.5. The predicted molar refractivity (Wildman–Crippen MR) is 91.7 cm³/mol. The number of allylic oxidation sites excluding steroid dienone is 1. The molecule has 0 atom stereocenters. The molecule has 23 heavy (non-hydrogen) atoms. The highest BCUT2D eigenvalue weighted by Gasteiger charge is 2.10. The van der Waals surface area contributed by atoms with Crippen LogP contribution in [-0.4, -0.2) is 54.2 Å². The van der Waals surface area contributed by atoms with E-state index in [1.807, 2.05) is 30.5 Å². The third-order valence-electron chi connectivity index (χ3n) is 3.50. The molecule has 0 unspecified atom stereocenters. The number of aromatic nitrogens is 2. The molecule has 0 aliphatic carbocycles. The van der Waals surface area contributed by atoms with Gasteiger partial charge in [-0.25, -0.2) is 4.98 Å². The molecule has 7 nitrogen and oxygen atoms in total. The number of hydrogen-bond acceptors (Lipinski definition) is 7. The molecular formula is C16H19N5O2. The van der Waals surface area contributed by atoms with Gasteiger partial charge in [0.15, 0.2) is 0 Å². The fourth-order valence-electron chi connectivity index (χ4n) is 2.42. The standard InChI is InChI=1S/C16H19N5O2/c17-16-20-14-9-11(12-3-4-18-10-12)1-2-13(14)15(21-16)19-5-7-23-8-6-22/h1-4,9,22H,5-8,10H2,(H3,17,19,20,21). The van der Waals surface area contributed by atoms with Crippen molar-refractivity contribution in [1.29, 1.82) is 0 Å². The van der Waals surface area contributed by atoms with Gasteiger partial charge in [-0.15, -0.1) is 0 Å². The Hall–Kier alpha value is -2.51. The van der Waals surface area contributed by atoms with Gasteiger partial charge in [0.1, 0.15) is 5.82 Å². The van der Waals surface area contributed by atoms with E-state index in [2.05, 4.69) is 20.3 Å². The molecular weight excluding hydrogens is 294 g/mol. The van der Waals surface area contributed by atoms with Crippen LogP contribution in [0.1, 0.15) is 5.56 Å². The summed E-state index contributed by atoms with van der Waals surface area (Å²) in [5.41, 5.74) is 8.86. The van der Waals surface area contributed by atoms with Crippen LogP contribution in [0.4, 0.5) is 11.8 Å². The number of aliphatic hydroxyl groups is 1. The first-order chi connectivity index (χ1) is 11.3. The van der Waals surface area contributed by atoms with Gasteiger partial charge in [0.2, 0.25) is 5.95 Å². The number of ether oxygens (including phenoxy) is 1. The topological polar surface area (TPSA) is 106 Å². The smallest absolute Gasteiger partial charge is 0.222 e. The van der Waals surface area contributed by atoms with Crippen LogP contribution in [0.5, 0.6) is 0 Å². The number of nitrogens with two attached hydrogens (primary N) is 1. The van der Waals surface area contributed by atoms with E-state index in [-0.39, 0.29) is 12.6 Å². The number of nitrogens with zero attached hydrogens (tertiary/aromatic N) is 3. The van der Waals surface area contributed by atoms with Gasteiger partial charge >= 0.3 is 0 Å². The van der Waals surface area contributed by atoms with Crippen molar-refractivity contribution in [3.05, 3.63) is 29.8 Å². The second-order valence-electron chi connectivity index (χ2n) is 5.11. The molecule has 0 saturated heterocycles. The lowest BCUT2D eigenvalue weighted by Crippen LogP contribution is -2.13. The van der Waals surface area contributed by atoms with Crippen molar-refractivity contribution in [2.75, 3.05) is 44.0 Å². The van der Waals surface area contributed by atoms with Gasteiger partial charge < -0.3 is 20.9 Å². The van der Waals surface area contributed by atoms with Gasteiger partial charge in [-0.3, -0.25) is 4.99 Å². The number of aliphatic hydroxyl groups excluding tert-OH is 1. The van der Waals surface area contributed by atoms with Crippen molar-refractivity contribution < 1.29 is 9.84 Å². The molecule has 0 fully saturated rings. The molecule has 1 aromatic heterocycles. The van der Waals surface area contributed by atoms with E-state index in [4.69, 9.17) is 15.6 Å². The first-order valence-electron chi connectivity index (χ1n) is 7.47. The SMILES string of the molecule is Nc1nc(NCCOCCO)c2ccc(C3=CC=NC3)cc2n1. The molecule has 0 amide bonds. The zero-order chi connectivity index (χ0) is 16.1. The van der Waals surface area contributed by atoms with Crippen LogP contribution in [-0.2, 0) is 4.74 Å². The van der Waals surface area contributed by atoms with E-state index in [0.717, 1.165) is 22.0 Å². The maximum Gasteiger partial charge on any atom is 0.222 e. The van der Waals surface area contributed by atoms with Crippen LogP contribution in [0.2, 0.25) is 0 Å². The highest BCUT2D eigenvalue weighted by molar-refractivity contribution is 5.95. The molecule has 0 radical (unpaired) electrons. The van der Waals surface area contributed by atoms with E-state index in [1.54, 1.807) is 0 Å². The molecule has 1 aromatic carbocycles. The lowest BCUT2D eigenvalue weighted by Gasteiger charge is -2.11. The third-order valence-corrected chi connectivity index (χ3v) is 3.50. The summed E-state index contributed by atoms with van der Waals surface area (Å²) >= 11 is 0. The van der Waals surface area contributed by atoms with Crippen LogP contribution < -0.4 is 11.1 Å². The number of anilines is 2. The minimum absolute atomic E-state index is 0.0196. The molecule has 4 N–H and O–H groups in total. The Balaban J connectivity index is 1.81. The lowest BCUT2D eigenvalue weighted by atomic mass is 10.0. The summed E-state index contributed by atoms with van der Waals surface area (Å²) in [4.78, 5) is 12.8. The number of nitrogen functional groups attached to an aromatic ring is 1. The Kier molecular flexibility index (Phi) is 4.80. The first kappa shape index (κ1) is 15.4. The van der Waals surface area contributed by atoms with Crippen molar-refractivity contribution in [1.82, 2.24) is 9.97 Å². The molecule has 1 aliphatic heterocycles. The van der Waals surface area contributed by atoms with Crippen molar-refractivity contribution in [2.24, 2.45) is 4.99 Å². The second-order valence-corrected chi connectivity index (χ2v) is 5.11. The Morgan fingerprint density at radius 2 is 2.17 bits per heavy atom. The van der Waals surface area contributed by atoms with Gasteiger partial charge in [0.25, 0.3) is 0 Å². The molecule has 1 aliphatic rings. The summed E-state index contributed by atoms with van der Waals surface area (Å²) in [6, 6.07) is 6.03. The highest BCUT2D eigenvalue weighted by atomic mass is 16.5. The fourth-order valence-corrected chi connectivity index (χ4v) is 2.42. The Morgan fingerprint density at radius 1 is 1.26 bits per heavy atom. The Bertz CT molecular complexity index is 757. The molecule has 2 aromatic rings. The molecule has 3 rings (SSSR count). The number of aliphatic imine (C=N–C) groups is 1. The van der Waals surface area contributed by atoms with Crippen LogP contribution in [0, 0.1) is 0 Å². The molecule has 0 spiro atoms. The van der Waals surface area contributed by atoms with Gasteiger partial charge in [0, 0.05) is 18.1 Å². The van der Waals surface area contributed by atoms with Crippen molar-refractivity contribution in [3.63, 3.8) is 0 Å². The summed E-state index contributed by atoms with van der Waals surface area (Å²) in [6.45, 7) is 2.10. The maximum absolute atomic E-state index is 8.68. The minimum Gasteiger partial charge on any atom is -0.394 e. The fraction of sp³-hybridized carbons (Fsp3) is 0.312. The molecule has 2 heterocycles. The molecule has 7 heteroatoms. The molecule has 120 valence electrons. The number of nitrogens with one attached hydrogen (secondary N) is 1. The zero-order valence-electron chi connectivity index (χ0n) is 12.7. The minimum atomic E-state index is 0.0196. The summed E-state index contributed by atoms with van der Waals surface area (Å²) in [5.74, 6) is 0.911. The summed E-state index contributed by atoms with van der Waals surface area (Å²) < 4.78 is 5.22. The number of hydrogen-bond donors (Lipinski definition) is 3. The zero-order valence-corrected chi connectivity index (χ0v) is 12.7. The van der Waals surface area contributed by atoms with Crippen LogP contribution >= 0.6 is 0 Å². The third kappa shape index (κ3) is 3.64. The number of benzene rings is 1. The van der Waals surface area contributed by atoms with Gasteiger partial charge in [-0.05, 0) is 29.3 Å². The summed E-state index contributed by atoms with van der Waals surface area (Å²) in [5, 5.41) is 12.8. The van der Waals surface area contributed by atoms with E-state index in [0.29, 0.717) is 32.1 Å². The van der Waals surface area contributed by atoms with Crippen LogP contribution in [0.3, 0.4) is 0 Å². The Morgan fingerprint density at radius 3 is 2.96 bits per heavy atom.